The quantitative estimate of drug-likeness (QED) is 0.928. The standard InChI is InChI=1S/C15H15ClN6O/c1-9-10(7-17)14(18-8-11(9)16)19-12-3-6-22(15(12)23)13-4-5-21(2)20-13/h4-5,8,12H,3,6H2,1-2H3,(H,18,19). The van der Waals surface area contributed by atoms with E-state index in [9.17, 15) is 10.1 Å². The molecule has 8 heteroatoms. The highest BCUT2D eigenvalue weighted by Crippen LogP contribution is 2.26. The van der Waals surface area contributed by atoms with Gasteiger partial charge >= 0.3 is 0 Å². The summed E-state index contributed by atoms with van der Waals surface area (Å²) in [6.45, 7) is 2.33. The maximum absolute atomic E-state index is 12.5. The fraction of sp³-hybridized carbons (Fsp3) is 0.333. The number of carbonyl (C=O) groups is 1. The van der Waals surface area contributed by atoms with Crippen molar-refractivity contribution in [1.29, 1.82) is 5.26 Å². The third-order valence-electron chi connectivity index (χ3n) is 3.88. The molecular formula is C15H15ClN6O. The third kappa shape index (κ3) is 2.73. The van der Waals surface area contributed by atoms with Crippen LogP contribution in [0.4, 0.5) is 11.6 Å². The minimum absolute atomic E-state index is 0.0815. The van der Waals surface area contributed by atoms with Crippen molar-refractivity contribution in [3.05, 3.63) is 34.6 Å². The van der Waals surface area contributed by atoms with Crippen LogP contribution in [0.1, 0.15) is 17.5 Å². The molecule has 0 spiro atoms. The SMILES string of the molecule is Cc1c(Cl)cnc(NC2CCN(c3ccn(C)n3)C2=O)c1C#N. The zero-order valence-corrected chi connectivity index (χ0v) is 13.5. The second-order valence-electron chi connectivity index (χ2n) is 5.39. The molecule has 3 heterocycles. The van der Waals surface area contributed by atoms with Gasteiger partial charge in [0.05, 0.1) is 10.6 Å². The Morgan fingerprint density at radius 1 is 1.52 bits per heavy atom. The molecule has 2 aromatic rings. The molecule has 2 aromatic heterocycles. The van der Waals surface area contributed by atoms with Gasteiger partial charge in [-0.25, -0.2) is 4.98 Å². The predicted molar refractivity (Wildman–Crippen MR) is 86.3 cm³/mol. The Morgan fingerprint density at radius 2 is 2.30 bits per heavy atom. The van der Waals surface area contributed by atoms with Crippen molar-refractivity contribution in [3.63, 3.8) is 0 Å². The first-order chi connectivity index (χ1) is 11.0. The fourth-order valence-corrected chi connectivity index (χ4v) is 2.72. The Morgan fingerprint density at radius 3 is 2.96 bits per heavy atom. The molecule has 1 amide bonds. The lowest BCUT2D eigenvalue weighted by Gasteiger charge is -2.16. The summed E-state index contributed by atoms with van der Waals surface area (Å²) in [4.78, 5) is 18.3. The van der Waals surface area contributed by atoms with Gasteiger partial charge in [-0.15, -0.1) is 0 Å². The number of nitrogens with one attached hydrogen (secondary N) is 1. The van der Waals surface area contributed by atoms with Gasteiger partial charge in [-0.05, 0) is 18.9 Å². The number of aryl methyl sites for hydroxylation is 1. The van der Waals surface area contributed by atoms with Gasteiger partial charge in [-0.1, -0.05) is 11.6 Å². The Labute approximate surface area is 138 Å². The fourth-order valence-electron chi connectivity index (χ4n) is 2.58. The molecule has 3 rings (SSSR count). The summed E-state index contributed by atoms with van der Waals surface area (Å²) in [5, 5.41) is 17.0. The lowest BCUT2D eigenvalue weighted by atomic mass is 10.1. The maximum atomic E-state index is 12.5. The minimum atomic E-state index is -0.433. The highest BCUT2D eigenvalue weighted by Gasteiger charge is 2.34. The summed E-state index contributed by atoms with van der Waals surface area (Å²) in [5.41, 5.74) is 1.01. The number of halogens is 1. The second kappa shape index (κ2) is 5.89. The van der Waals surface area contributed by atoms with E-state index in [0.29, 0.717) is 40.8 Å². The van der Waals surface area contributed by atoms with E-state index < -0.39 is 6.04 Å². The van der Waals surface area contributed by atoms with Crippen LogP contribution in [-0.2, 0) is 11.8 Å². The van der Waals surface area contributed by atoms with Crippen molar-refractivity contribution in [2.45, 2.75) is 19.4 Å². The summed E-state index contributed by atoms with van der Waals surface area (Å²) in [6, 6.07) is 3.45. The average Bonchev–Trinajstić information content (AvgIpc) is 3.10. The van der Waals surface area contributed by atoms with Crippen LogP contribution in [0.3, 0.4) is 0 Å². The molecule has 1 N–H and O–H groups in total. The van der Waals surface area contributed by atoms with Gasteiger partial charge in [-0.3, -0.25) is 14.4 Å². The zero-order valence-electron chi connectivity index (χ0n) is 12.7. The van der Waals surface area contributed by atoms with Crippen molar-refractivity contribution in [3.8, 4) is 6.07 Å². The normalized spacial score (nSPS) is 17.4. The average molecular weight is 331 g/mol. The zero-order chi connectivity index (χ0) is 16.6. The largest absolute Gasteiger partial charge is 0.357 e. The minimum Gasteiger partial charge on any atom is -0.357 e. The number of rotatable bonds is 3. The highest BCUT2D eigenvalue weighted by molar-refractivity contribution is 6.31. The van der Waals surface area contributed by atoms with E-state index in [1.807, 2.05) is 0 Å². The van der Waals surface area contributed by atoms with E-state index in [0.717, 1.165) is 0 Å². The Kier molecular flexibility index (Phi) is 3.92. The Bertz CT molecular complexity index is 809. The molecule has 0 aliphatic carbocycles. The topological polar surface area (TPSA) is 86.8 Å². The third-order valence-corrected chi connectivity index (χ3v) is 4.26. The molecule has 1 atom stereocenters. The Balaban J connectivity index is 1.82. The van der Waals surface area contributed by atoms with E-state index >= 15 is 0 Å². The summed E-state index contributed by atoms with van der Waals surface area (Å²) in [7, 11) is 1.80. The van der Waals surface area contributed by atoms with Crippen molar-refractivity contribution in [2.24, 2.45) is 7.05 Å². The van der Waals surface area contributed by atoms with E-state index in [1.54, 1.807) is 35.8 Å². The first-order valence-corrected chi connectivity index (χ1v) is 7.52. The molecular weight excluding hydrogens is 316 g/mol. The van der Waals surface area contributed by atoms with E-state index in [-0.39, 0.29) is 5.91 Å². The van der Waals surface area contributed by atoms with Crippen molar-refractivity contribution in [1.82, 2.24) is 14.8 Å². The molecule has 7 nitrogen and oxygen atoms in total. The number of aromatic nitrogens is 3. The number of nitrogens with zero attached hydrogens (tertiary/aromatic N) is 5. The van der Waals surface area contributed by atoms with Crippen LogP contribution in [0, 0.1) is 18.3 Å². The second-order valence-corrected chi connectivity index (χ2v) is 5.80. The van der Waals surface area contributed by atoms with Crippen LogP contribution in [0.5, 0.6) is 0 Å². The van der Waals surface area contributed by atoms with Gasteiger partial charge in [0.25, 0.3) is 5.91 Å². The molecule has 1 unspecified atom stereocenters. The van der Waals surface area contributed by atoms with Crippen LogP contribution in [0.15, 0.2) is 18.5 Å². The molecule has 1 aliphatic rings. The molecule has 0 radical (unpaired) electrons. The van der Waals surface area contributed by atoms with Gasteiger partial charge in [0, 0.05) is 32.1 Å². The number of anilines is 2. The van der Waals surface area contributed by atoms with E-state index in [2.05, 4.69) is 21.5 Å². The van der Waals surface area contributed by atoms with Crippen LogP contribution in [0.25, 0.3) is 0 Å². The molecule has 1 saturated heterocycles. The molecule has 0 saturated carbocycles. The van der Waals surface area contributed by atoms with Gasteiger partial charge in [0.2, 0.25) is 0 Å². The molecule has 23 heavy (non-hydrogen) atoms. The molecule has 0 bridgehead atoms. The van der Waals surface area contributed by atoms with Crippen LogP contribution in [0.2, 0.25) is 5.02 Å². The first-order valence-electron chi connectivity index (χ1n) is 7.14. The van der Waals surface area contributed by atoms with Crippen LogP contribution in [-0.4, -0.2) is 33.3 Å². The van der Waals surface area contributed by atoms with Crippen molar-refractivity contribution >= 4 is 29.1 Å². The van der Waals surface area contributed by atoms with Gasteiger partial charge in [0.1, 0.15) is 17.9 Å². The summed E-state index contributed by atoms with van der Waals surface area (Å²) in [6.07, 6.45) is 3.89. The van der Waals surface area contributed by atoms with Gasteiger partial charge < -0.3 is 5.32 Å². The summed E-state index contributed by atoms with van der Waals surface area (Å²) < 4.78 is 1.65. The molecule has 1 aliphatic heterocycles. The van der Waals surface area contributed by atoms with Crippen molar-refractivity contribution in [2.75, 3.05) is 16.8 Å². The van der Waals surface area contributed by atoms with Gasteiger partial charge in [-0.2, -0.15) is 10.4 Å². The molecule has 118 valence electrons. The van der Waals surface area contributed by atoms with Crippen LogP contribution < -0.4 is 10.2 Å². The number of hydrogen-bond acceptors (Lipinski definition) is 5. The summed E-state index contributed by atoms with van der Waals surface area (Å²) >= 11 is 5.99. The number of nitriles is 1. The smallest absolute Gasteiger partial charge is 0.250 e. The molecule has 1 fully saturated rings. The maximum Gasteiger partial charge on any atom is 0.250 e. The molecule has 0 aromatic carbocycles. The highest BCUT2D eigenvalue weighted by atomic mass is 35.5. The predicted octanol–water partition coefficient (Wildman–Crippen LogP) is 1.87. The summed E-state index contributed by atoms with van der Waals surface area (Å²) in [5.74, 6) is 0.931. The van der Waals surface area contributed by atoms with Crippen LogP contribution >= 0.6 is 11.6 Å². The number of hydrogen-bond donors (Lipinski definition) is 1. The number of pyridine rings is 1. The lowest BCUT2D eigenvalue weighted by molar-refractivity contribution is -0.117. The van der Waals surface area contributed by atoms with E-state index in [4.69, 9.17) is 11.6 Å². The monoisotopic (exact) mass is 330 g/mol. The first kappa shape index (κ1) is 15.3. The van der Waals surface area contributed by atoms with Crippen molar-refractivity contribution < 1.29 is 4.79 Å². The van der Waals surface area contributed by atoms with E-state index in [1.165, 1.54) is 6.20 Å². The number of carbonyl (C=O) groups excluding carboxylic acids is 1. The Hall–Kier alpha value is -2.59. The number of amides is 1. The lowest BCUT2D eigenvalue weighted by Crippen LogP contribution is -2.34. The van der Waals surface area contributed by atoms with Gasteiger partial charge in [0.15, 0.2) is 5.82 Å².